The lowest BCUT2D eigenvalue weighted by atomic mass is 10.1. The van der Waals surface area contributed by atoms with E-state index in [0.717, 1.165) is 45.0 Å². The van der Waals surface area contributed by atoms with Gasteiger partial charge in [0.25, 0.3) is 0 Å². The third-order valence-corrected chi connectivity index (χ3v) is 4.33. The Morgan fingerprint density at radius 3 is 2.86 bits per heavy atom. The van der Waals surface area contributed by atoms with Crippen LogP contribution in [0.5, 0.6) is 0 Å². The summed E-state index contributed by atoms with van der Waals surface area (Å²) in [6.45, 7) is 16.5. The molecule has 2 rings (SSSR count). The van der Waals surface area contributed by atoms with E-state index in [-0.39, 0.29) is 0 Å². The normalized spacial score (nSPS) is 21.3. The Hall–Kier alpha value is -0.840. The number of likely N-dealkylation sites (N-methyl/N-ethyl adjacent to an activating group) is 1. The van der Waals surface area contributed by atoms with Crippen molar-refractivity contribution < 1.29 is 4.42 Å². The van der Waals surface area contributed by atoms with Crippen LogP contribution in [0.4, 0.5) is 0 Å². The van der Waals surface area contributed by atoms with Crippen LogP contribution in [0.15, 0.2) is 16.7 Å². The number of rotatable bonds is 7. The molecule has 0 radical (unpaired) electrons. The van der Waals surface area contributed by atoms with Gasteiger partial charge in [0, 0.05) is 37.8 Å². The third-order valence-electron chi connectivity index (χ3n) is 4.33. The van der Waals surface area contributed by atoms with Crippen LogP contribution in [-0.2, 0) is 13.1 Å². The molecule has 0 amide bonds. The van der Waals surface area contributed by atoms with Gasteiger partial charge < -0.3 is 9.73 Å². The molecule has 0 aromatic carbocycles. The second-order valence-electron chi connectivity index (χ2n) is 6.61. The Bertz CT molecular complexity index is 416. The highest BCUT2D eigenvalue weighted by Crippen LogP contribution is 2.17. The first kappa shape index (κ1) is 16.5. The van der Waals surface area contributed by atoms with Gasteiger partial charge in [-0.1, -0.05) is 20.8 Å². The van der Waals surface area contributed by atoms with E-state index < -0.39 is 0 Å². The van der Waals surface area contributed by atoms with Crippen LogP contribution in [-0.4, -0.2) is 48.6 Å². The zero-order chi connectivity index (χ0) is 15.2. The van der Waals surface area contributed by atoms with Gasteiger partial charge in [0.05, 0.1) is 12.8 Å². The molecule has 0 aliphatic carbocycles. The Balaban J connectivity index is 1.84. The molecule has 0 spiro atoms. The zero-order valence-corrected chi connectivity index (χ0v) is 14.1. The number of hydrogen-bond donors (Lipinski definition) is 1. The molecule has 21 heavy (non-hydrogen) atoms. The maximum atomic E-state index is 5.72. The summed E-state index contributed by atoms with van der Waals surface area (Å²) in [4.78, 5) is 5.06. The first-order chi connectivity index (χ1) is 10.1. The molecule has 4 heteroatoms. The van der Waals surface area contributed by atoms with Gasteiger partial charge in [0.1, 0.15) is 5.76 Å². The summed E-state index contributed by atoms with van der Waals surface area (Å²) < 4.78 is 5.72. The minimum absolute atomic E-state index is 0.640. The van der Waals surface area contributed by atoms with Crippen molar-refractivity contribution in [3.8, 4) is 0 Å². The van der Waals surface area contributed by atoms with Crippen LogP contribution in [0.1, 0.15) is 39.0 Å². The molecule has 1 atom stereocenters. The smallest absolute Gasteiger partial charge is 0.122 e. The number of furan rings is 1. The molecule has 1 saturated heterocycles. The van der Waals surface area contributed by atoms with Gasteiger partial charge in [-0.2, -0.15) is 0 Å². The lowest BCUT2D eigenvalue weighted by Gasteiger charge is -2.39. The average Bonchev–Trinajstić information content (AvgIpc) is 2.86. The van der Waals surface area contributed by atoms with E-state index >= 15 is 0 Å². The van der Waals surface area contributed by atoms with Crippen molar-refractivity contribution in [3.05, 3.63) is 23.7 Å². The maximum Gasteiger partial charge on any atom is 0.122 e. The largest absolute Gasteiger partial charge is 0.468 e. The monoisotopic (exact) mass is 293 g/mol. The summed E-state index contributed by atoms with van der Waals surface area (Å²) in [5.74, 6) is 1.81. The molecule has 1 unspecified atom stereocenters. The number of piperazine rings is 1. The predicted molar refractivity (Wildman–Crippen MR) is 87.2 cm³/mol. The average molecular weight is 293 g/mol. The van der Waals surface area contributed by atoms with Crippen molar-refractivity contribution in [2.45, 2.75) is 46.8 Å². The molecule has 0 saturated carbocycles. The number of nitrogens with zero attached hydrogens (tertiary/aromatic N) is 2. The fourth-order valence-corrected chi connectivity index (χ4v) is 3.05. The van der Waals surface area contributed by atoms with Gasteiger partial charge in [0.15, 0.2) is 0 Å². The van der Waals surface area contributed by atoms with Crippen LogP contribution >= 0.6 is 0 Å². The zero-order valence-electron chi connectivity index (χ0n) is 14.1. The molecule has 1 aliphatic heterocycles. The minimum Gasteiger partial charge on any atom is -0.468 e. The lowest BCUT2D eigenvalue weighted by Crippen LogP contribution is -2.51. The molecule has 1 aliphatic rings. The van der Waals surface area contributed by atoms with Gasteiger partial charge >= 0.3 is 0 Å². The van der Waals surface area contributed by atoms with E-state index in [1.165, 1.54) is 12.1 Å². The van der Waals surface area contributed by atoms with Crippen molar-refractivity contribution in [2.75, 3.05) is 32.7 Å². The summed E-state index contributed by atoms with van der Waals surface area (Å²) in [6, 6.07) is 2.75. The van der Waals surface area contributed by atoms with Crippen molar-refractivity contribution in [1.82, 2.24) is 15.1 Å². The minimum atomic E-state index is 0.640. The van der Waals surface area contributed by atoms with Crippen molar-refractivity contribution >= 4 is 0 Å². The molecule has 4 nitrogen and oxygen atoms in total. The predicted octanol–water partition coefficient (Wildman–Crippen LogP) is 2.55. The van der Waals surface area contributed by atoms with Crippen LogP contribution in [0.3, 0.4) is 0 Å². The van der Waals surface area contributed by atoms with Crippen molar-refractivity contribution in [3.63, 3.8) is 0 Å². The number of nitrogens with one attached hydrogen (secondary N) is 1. The van der Waals surface area contributed by atoms with Gasteiger partial charge in [-0.15, -0.1) is 0 Å². The lowest BCUT2D eigenvalue weighted by molar-refractivity contribution is 0.0787. The summed E-state index contributed by atoms with van der Waals surface area (Å²) in [7, 11) is 0. The van der Waals surface area contributed by atoms with Gasteiger partial charge in [-0.25, -0.2) is 0 Å². The Morgan fingerprint density at radius 2 is 2.19 bits per heavy atom. The van der Waals surface area contributed by atoms with E-state index in [0.29, 0.717) is 12.0 Å². The molecule has 120 valence electrons. The third kappa shape index (κ3) is 4.83. The summed E-state index contributed by atoms with van der Waals surface area (Å²) in [5, 5.41) is 3.50. The van der Waals surface area contributed by atoms with Gasteiger partial charge in [-0.3, -0.25) is 9.80 Å². The Labute approximate surface area is 129 Å². The summed E-state index contributed by atoms with van der Waals surface area (Å²) in [5.41, 5.74) is 1.31. The van der Waals surface area contributed by atoms with Gasteiger partial charge in [-0.05, 0) is 32.0 Å². The highest BCUT2D eigenvalue weighted by atomic mass is 16.3. The highest BCUT2D eigenvalue weighted by molar-refractivity contribution is 5.17. The first-order valence-corrected chi connectivity index (χ1v) is 8.32. The Morgan fingerprint density at radius 1 is 1.38 bits per heavy atom. The van der Waals surface area contributed by atoms with Crippen molar-refractivity contribution in [2.24, 2.45) is 5.92 Å². The number of hydrogen-bond acceptors (Lipinski definition) is 4. The molecule has 0 bridgehead atoms. The van der Waals surface area contributed by atoms with E-state index in [9.17, 15) is 0 Å². The van der Waals surface area contributed by atoms with Crippen LogP contribution in [0, 0.1) is 5.92 Å². The Kier molecular flexibility index (Phi) is 6.27. The quantitative estimate of drug-likeness (QED) is 0.837. The van der Waals surface area contributed by atoms with Crippen LogP contribution in [0.25, 0.3) is 0 Å². The van der Waals surface area contributed by atoms with Gasteiger partial charge in [0.2, 0.25) is 0 Å². The first-order valence-electron chi connectivity index (χ1n) is 8.32. The van der Waals surface area contributed by atoms with E-state index in [1.54, 1.807) is 0 Å². The van der Waals surface area contributed by atoms with Crippen molar-refractivity contribution in [1.29, 1.82) is 0 Å². The second kappa shape index (κ2) is 7.97. The van der Waals surface area contributed by atoms with Crippen LogP contribution in [0.2, 0.25) is 0 Å². The molecular weight excluding hydrogens is 262 g/mol. The standard InChI is InChI=1S/C17H31N3O/c1-5-20-8-7-19(12-15(20)4)13-17-16(6-9-21-17)11-18-10-14(2)3/h6,9,14-15,18H,5,7-8,10-13H2,1-4H3. The fourth-order valence-electron chi connectivity index (χ4n) is 3.05. The maximum absolute atomic E-state index is 5.72. The molecule has 1 N–H and O–H groups in total. The fraction of sp³-hybridized carbons (Fsp3) is 0.765. The van der Waals surface area contributed by atoms with E-state index in [4.69, 9.17) is 4.42 Å². The van der Waals surface area contributed by atoms with E-state index in [1.807, 2.05) is 6.26 Å². The molecule has 1 aromatic rings. The van der Waals surface area contributed by atoms with E-state index in [2.05, 4.69) is 48.9 Å². The molecule has 1 fully saturated rings. The highest BCUT2D eigenvalue weighted by Gasteiger charge is 2.23. The summed E-state index contributed by atoms with van der Waals surface area (Å²) in [6.07, 6.45) is 1.83. The molecule has 2 heterocycles. The SMILES string of the molecule is CCN1CCN(Cc2occc2CNCC(C)C)CC1C. The van der Waals surface area contributed by atoms with Crippen LogP contribution < -0.4 is 5.32 Å². The second-order valence-corrected chi connectivity index (χ2v) is 6.61. The summed E-state index contributed by atoms with van der Waals surface area (Å²) >= 11 is 0. The molecular formula is C17H31N3O. The topological polar surface area (TPSA) is 31.6 Å². The molecule has 1 aromatic heterocycles.